The summed E-state index contributed by atoms with van der Waals surface area (Å²) in [5.74, 6) is 0.0646. The van der Waals surface area contributed by atoms with E-state index in [1.807, 2.05) is 47.4 Å². The van der Waals surface area contributed by atoms with Crippen LogP contribution in [-0.4, -0.2) is 17.5 Å². The molecule has 0 unspecified atom stereocenters. The van der Waals surface area contributed by atoms with Crippen LogP contribution in [0.25, 0.3) is 0 Å². The number of carbonyl (C=O) groups excluding carboxylic acids is 1. The monoisotopic (exact) mass is 308 g/mol. The lowest BCUT2D eigenvalue weighted by Gasteiger charge is -2.38. The first-order chi connectivity index (χ1) is 10.8. The number of hydrogen-bond acceptors (Lipinski definition) is 2. The number of rotatable bonds is 1. The van der Waals surface area contributed by atoms with Crippen molar-refractivity contribution in [3.05, 3.63) is 54.1 Å². The minimum atomic E-state index is -0.139. The molecule has 2 aromatic carbocycles. The van der Waals surface area contributed by atoms with Crippen molar-refractivity contribution in [1.82, 2.24) is 0 Å². The van der Waals surface area contributed by atoms with Crippen molar-refractivity contribution in [2.45, 2.75) is 46.2 Å². The van der Waals surface area contributed by atoms with E-state index in [-0.39, 0.29) is 17.5 Å². The van der Waals surface area contributed by atoms with Crippen molar-refractivity contribution >= 4 is 23.0 Å². The predicted molar refractivity (Wildman–Crippen MR) is 96.7 cm³/mol. The maximum Gasteiger partial charge on any atom is 0.260 e. The quantitative estimate of drug-likeness (QED) is 0.741. The molecule has 1 aliphatic heterocycles. The van der Waals surface area contributed by atoms with Gasteiger partial charge in [-0.15, -0.1) is 0 Å². The second-order valence-electron chi connectivity index (χ2n) is 7.28. The molecule has 0 saturated carbocycles. The first-order valence-electron chi connectivity index (χ1n) is 8.14. The van der Waals surface area contributed by atoms with Crippen LogP contribution in [0.15, 0.2) is 48.5 Å². The summed E-state index contributed by atoms with van der Waals surface area (Å²) >= 11 is 0. The average molecular weight is 308 g/mol. The van der Waals surface area contributed by atoms with Gasteiger partial charge in [0.25, 0.3) is 5.91 Å². The van der Waals surface area contributed by atoms with Crippen molar-refractivity contribution in [3.63, 3.8) is 0 Å². The minimum Gasteiger partial charge on any atom is -0.334 e. The fourth-order valence-corrected chi connectivity index (χ4v) is 3.31. The zero-order chi connectivity index (χ0) is 16.8. The molecule has 23 heavy (non-hydrogen) atoms. The molecule has 1 amide bonds. The first kappa shape index (κ1) is 15.6. The van der Waals surface area contributed by atoms with E-state index in [1.54, 1.807) is 0 Å². The number of amides is 1. The Morgan fingerprint density at radius 3 is 1.91 bits per heavy atom. The molecular formula is C20H24N2O. The third kappa shape index (κ3) is 2.50. The van der Waals surface area contributed by atoms with Gasteiger partial charge in [0, 0.05) is 11.6 Å². The minimum absolute atomic E-state index is 0.0646. The van der Waals surface area contributed by atoms with Crippen LogP contribution in [0.4, 0.5) is 17.1 Å². The number of hydrogen-bond donors (Lipinski definition) is 0. The number of carbonyl (C=O) groups is 1. The Bertz CT molecular complexity index is 743. The van der Waals surface area contributed by atoms with Crippen LogP contribution in [0.2, 0.25) is 0 Å². The van der Waals surface area contributed by atoms with Gasteiger partial charge in [-0.3, -0.25) is 4.79 Å². The summed E-state index contributed by atoms with van der Waals surface area (Å²) in [6, 6.07) is 16.2. The fraction of sp³-hybridized carbons (Fsp3) is 0.350. The van der Waals surface area contributed by atoms with E-state index in [1.165, 1.54) is 0 Å². The van der Waals surface area contributed by atoms with Crippen molar-refractivity contribution in [2.75, 3.05) is 9.80 Å². The zero-order valence-corrected chi connectivity index (χ0v) is 14.5. The van der Waals surface area contributed by atoms with Gasteiger partial charge in [0.2, 0.25) is 0 Å². The topological polar surface area (TPSA) is 23.6 Å². The molecule has 120 valence electrons. The van der Waals surface area contributed by atoms with Gasteiger partial charge in [0.15, 0.2) is 0 Å². The number of benzene rings is 2. The smallest absolute Gasteiger partial charge is 0.260 e. The van der Waals surface area contributed by atoms with Gasteiger partial charge in [0.1, 0.15) is 0 Å². The molecule has 0 bridgehead atoms. The molecule has 1 aliphatic rings. The Morgan fingerprint density at radius 2 is 1.35 bits per heavy atom. The van der Waals surface area contributed by atoms with E-state index in [9.17, 15) is 4.79 Å². The van der Waals surface area contributed by atoms with E-state index >= 15 is 0 Å². The second kappa shape index (κ2) is 5.41. The molecule has 2 aromatic rings. The molecular weight excluding hydrogens is 284 g/mol. The van der Waals surface area contributed by atoms with Crippen LogP contribution in [0.3, 0.4) is 0 Å². The summed E-state index contributed by atoms with van der Waals surface area (Å²) in [6.45, 7) is 10.6. The lowest BCUT2D eigenvalue weighted by atomic mass is 10.0. The molecule has 0 radical (unpaired) electrons. The lowest BCUT2D eigenvalue weighted by Crippen LogP contribution is -2.38. The molecule has 0 atom stereocenters. The maximum absolute atomic E-state index is 13.2. The zero-order valence-electron chi connectivity index (χ0n) is 14.5. The van der Waals surface area contributed by atoms with Crippen LogP contribution in [-0.2, 0) is 0 Å². The SMILES string of the molecule is CC(C)N1C(=O)c2ccccc2N(C(C)(C)C)c2ccccc21. The van der Waals surface area contributed by atoms with Crippen molar-refractivity contribution in [2.24, 2.45) is 0 Å². The van der Waals surface area contributed by atoms with Gasteiger partial charge in [-0.25, -0.2) is 0 Å². The molecule has 1 heterocycles. The molecule has 3 nitrogen and oxygen atoms in total. The summed E-state index contributed by atoms with van der Waals surface area (Å²) in [5, 5.41) is 0. The van der Waals surface area contributed by atoms with E-state index in [0.29, 0.717) is 0 Å². The molecule has 0 fully saturated rings. The summed E-state index contributed by atoms with van der Waals surface area (Å²) in [5.41, 5.74) is 3.64. The fourth-order valence-electron chi connectivity index (χ4n) is 3.31. The molecule has 0 aliphatic carbocycles. The van der Waals surface area contributed by atoms with Crippen LogP contribution < -0.4 is 9.80 Å². The number of para-hydroxylation sites is 3. The summed E-state index contributed by atoms with van der Waals surface area (Å²) < 4.78 is 0. The van der Waals surface area contributed by atoms with Gasteiger partial charge in [-0.2, -0.15) is 0 Å². The number of fused-ring (bicyclic) bond motifs is 2. The standard InChI is InChI=1S/C20H24N2O/c1-14(2)21-17-12-8-9-13-18(17)22(20(3,4)5)16-11-7-6-10-15(16)19(21)23/h6-14H,1-5H3. The Labute approximate surface area is 138 Å². The van der Waals surface area contributed by atoms with E-state index in [0.717, 1.165) is 22.6 Å². The van der Waals surface area contributed by atoms with E-state index in [2.05, 4.69) is 45.6 Å². The highest BCUT2D eigenvalue weighted by atomic mass is 16.2. The Kier molecular flexibility index (Phi) is 3.67. The molecule has 3 heteroatoms. The van der Waals surface area contributed by atoms with Gasteiger partial charge in [-0.05, 0) is 58.9 Å². The average Bonchev–Trinajstić information content (AvgIpc) is 2.58. The van der Waals surface area contributed by atoms with Gasteiger partial charge >= 0.3 is 0 Å². The Morgan fingerprint density at radius 1 is 0.826 bits per heavy atom. The van der Waals surface area contributed by atoms with Crippen LogP contribution >= 0.6 is 0 Å². The van der Waals surface area contributed by atoms with Crippen molar-refractivity contribution < 1.29 is 4.79 Å². The number of nitrogens with zero attached hydrogens (tertiary/aromatic N) is 2. The Balaban J connectivity index is 2.38. The van der Waals surface area contributed by atoms with E-state index < -0.39 is 0 Å². The molecule has 0 N–H and O–H groups in total. The summed E-state index contributed by atoms with van der Waals surface area (Å²) in [6.07, 6.45) is 0. The molecule has 3 rings (SSSR count). The normalized spacial score (nSPS) is 14.6. The summed E-state index contributed by atoms with van der Waals surface area (Å²) in [4.78, 5) is 17.4. The molecule has 0 saturated heterocycles. The third-order valence-electron chi connectivity index (χ3n) is 4.16. The highest BCUT2D eigenvalue weighted by Gasteiger charge is 2.36. The first-order valence-corrected chi connectivity index (χ1v) is 8.14. The van der Waals surface area contributed by atoms with Crippen LogP contribution in [0.1, 0.15) is 45.0 Å². The third-order valence-corrected chi connectivity index (χ3v) is 4.16. The second-order valence-corrected chi connectivity index (χ2v) is 7.28. The van der Waals surface area contributed by atoms with Crippen molar-refractivity contribution in [3.8, 4) is 0 Å². The predicted octanol–water partition coefficient (Wildman–Crippen LogP) is 4.99. The highest BCUT2D eigenvalue weighted by molar-refractivity contribution is 6.14. The highest BCUT2D eigenvalue weighted by Crippen LogP contribution is 2.44. The van der Waals surface area contributed by atoms with Crippen LogP contribution in [0.5, 0.6) is 0 Å². The van der Waals surface area contributed by atoms with Gasteiger partial charge in [0.05, 0.1) is 22.6 Å². The molecule has 0 aromatic heterocycles. The number of anilines is 3. The maximum atomic E-state index is 13.2. The van der Waals surface area contributed by atoms with E-state index in [4.69, 9.17) is 0 Å². The summed E-state index contributed by atoms with van der Waals surface area (Å²) in [7, 11) is 0. The van der Waals surface area contributed by atoms with Gasteiger partial charge < -0.3 is 9.80 Å². The lowest BCUT2D eigenvalue weighted by molar-refractivity contribution is 0.0981. The largest absolute Gasteiger partial charge is 0.334 e. The van der Waals surface area contributed by atoms with Gasteiger partial charge in [-0.1, -0.05) is 24.3 Å². The van der Waals surface area contributed by atoms with Crippen molar-refractivity contribution in [1.29, 1.82) is 0 Å². The Hall–Kier alpha value is -2.29. The van der Waals surface area contributed by atoms with Crippen LogP contribution in [0, 0.1) is 0 Å². The molecule has 0 spiro atoms.